The molecule has 0 aliphatic carbocycles. The van der Waals surface area contributed by atoms with Gasteiger partial charge < -0.3 is 15.0 Å². The lowest BCUT2D eigenvalue weighted by Crippen LogP contribution is -2.29. The van der Waals surface area contributed by atoms with Crippen LogP contribution in [0.25, 0.3) is 0 Å². The summed E-state index contributed by atoms with van der Waals surface area (Å²) >= 11 is 0. The Labute approximate surface area is 169 Å². The second-order valence-corrected chi connectivity index (χ2v) is 6.01. The molecule has 2 rings (SSSR count). The lowest BCUT2D eigenvalue weighted by molar-refractivity contribution is -0.114. The topological polar surface area (TPSA) is 72.3 Å². The molecule has 2 aromatic rings. The van der Waals surface area contributed by atoms with E-state index in [9.17, 15) is 9.18 Å². The van der Waals surface area contributed by atoms with E-state index in [1.807, 2.05) is 19.1 Å². The van der Waals surface area contributed by atoms with E-state index >= 15 is 0 Å². The van der Waals surface area contributed by atoms with Gasteiger partial charge >= 0.3 is 0 Å². The molecule has 0 fully saturated rings. The Hall–Kier alpha value is -3.66. The molecule has 0 saturated carbocycles. The number of amides is 1. The van der Waals surface area contributed by atoms with Gasteiger partial charge in [0.1, 0.15) is 25.2 Å². The first-order valence-corrected chi connectivity index (χ1v) is 8.82. The number of carbonyl (C=O) groups is 1. The third kappa shape index (κ3) is 6.18. The van der Waals surface area contributed by atoms with Crippen LogP contribution in [0.2, 0.25) is 0 Å². The normalized spacial score (nSPS) is 11.3. The molecule has 0 aliphatic rings. The van der Waals surface area contributed by atoms with Gasteiger partial charge in [-0.05, 0) is 43.5 Å². The predicted molar refractivity (Wildman–Crippen MR) is 110 cm³/mol. The molecule has 1 amide bonds. The van der Waals surface area contributed by atoms with Crippen molar-refractivity contribution in [1.29, 1.82) is 0 Å². The summed E-state index contributed by atoms with van der Waals surface area (Å²) in [5, 5.41) is 10.4. The zero-order valence-electron chi connectivity index (χ0n) is 16.7. The lowest BCUT2D eigenvalue weighted by Gasteiger charge is -2.12. The van der Waals surface area contributed by atoms with Crippen molar-refractivity contribution < 1.29 is 18.9 Å². The number of nitrogens with zero attached hydrogens (tertiary/aromatic N) is 2. The van der Waals surface area contributed by atoms with Crippen LogP contribution in [0.1, 0.15) is 29.2 Å². The van der Waals surface area contributed by atoms with E-state index in [0.29, 0.717) is 16.8 Å². The molecular weight excluding hydrogens is 373 g/mol. The van der Waals surface area contributed by atoms with Gasteiger partial charge in [0.25, 0.3) is 5.91 Å². The summed E-state index contributed by atoms with van der Waals surface area (Å²) in [5.41, 5.74) is 3.37. The standard InChI is InChI=1S/C22H22FN3O3/c1-15-7-5-10-19(21(26-28-4)22(27)24-3)20(15)14-29-25-16(2)11-12-17-8-6-9-18(23)13-17/h5-10,13H,14H2,1-4H3,(H,24,27)/b25-16+,26-21+. The van der Waals surface area contributed by atoms with Crippen molar-refractivity contribution in [1.82, 2.24) is 5.32 Å². The molecule has 150 valence electrons. The average Bonchev–Trinajstić information content (AvgIpc) is 2.71. The SMILES string of the molecule is CNC(=O)/C(=N/OC)c1cccc(C)c1CO/N=C(\C)C#Cc1cccc(F)c1. The van der Waals surface area contributed by atoms with Gasteiger partial charge in [-0.3, -0.25) is 4.79 Å². The zero-order chi connectivity index (χ0) is 21.2. The molecule has 0 aromatic heterocycles. The quantitative estimate of drug-likeness (QED) is 0.464. The largest absolute Gasteiger partial charge is 0.398 e. The lowest BCUT2D eigenvalue weighted by atomic mass is 9.98. The third-order valence-electron chi connectivity index (χ3n) is 3.91. The summed E-state index contributed by atoms with van der Waals surface area (Å²) in [7, 11) is 2.89. The summed E-state index contributed by atoms with van der Waals surface area (Å²) in [6.07, 6.45) is 0. The highest BCUT2D eigenvalue weighted by molar-refractivity contribution is 6.45. The van der Waals surface area contributed by atoms with Crippen LogP contribution >= 0.6 is 0 Å². The first-order valence-electron chi connectivity index (χ1n) is 8.82. The highest BCUT2D eigenvalue weighted by Gasteiger charge is 2.19. The molecule has 0 aliphatic heterocycles. The van der Waals surface area contributed by atoms with Crippen LogP contribution in [0.15, 0.2) is 52.8 Å². The van der Waals surface area contributed by atoms with Crippen molar-refractivity contribution in [2.45, 2.75) is 20.5 Å². The molecule has 0 heterocycles. The van der Waals surface area contributed by atoms with Crippen molar-refractivity contribution in [3.05, 3.63) is 70.5 Å². The molecule has 29 heavy (non-hydrogen) atoms. The van der Waals surface area contributed by atoms with Crippen molar-refractivity contribution >= 4 is 17.3 Å². The Bertz CT molecular complexity index is 1000. The Balaban J connectivity index is 2.19. The number of halogens is 1. The molecule has 0 unspecified atom stereocenters. The van der Waals surface area contributed by atoms with E-state index in [2.05, 4.69) is 27.5 Å². The maximum absolute atomic E-state index is 13.2. The Morgan fingerprint density at radius 1 is 1.21 bits per heavy atom. The van der Waals surface area contributed by atoms with Crippen molar-refractivity contribution in [2.75, 3.05) is 14.2 Å². The zero-order valence-corrected chi connectivity index (χ0v) is 16.7. The smallest absolute Gasteiger partial charge is 0.273 e. The Morgan fingerprint density at radius 3 is 2.66 bits per heavy atom. The Morgan fingerprint density at radius 2 is 1.97 bits per heavy atom. The van der Waals surface area contributed by atoms with Gasteiger partial charge in [-0.2, -0.15) is 0 Å². The number of likely N-dealkylation sites (N-methyl/N-ethyl adjacent to an activating group) is 1. The average molecular weight is 395 g/mol. The summed E-state index contributed by atoms with van der Waals surface area (Å²) < 4.78 is 13.2. The molecule has 0 radical (unpaired) electrons. The fourth-order valence-corrected chi connectivity index (χ4v) is 2.48. The molecule has 0 spiro atoms. The minimum absolute atomic E-state index is 0.112. The summed E-state index contributed by atoms with van der Waals surface area (Å²) in [6.45, 7) is 3.70. The molecule has 0 atom stereocenters. The Kier molecular flexibility index (Phi) is 7.92. The van der Waals surface area contributed by atoms with Crippen molar-refractivity contribution in [3.8, 4) is 11.8 Å². The monoisotopic (exact) mass is 395 g/mol. The van der Waals surface area contributed by atoms with Gasteiger partial charge in [-0.25, -0.2) is 4.39 Å². The van der Waals surface area contributed by atoms with Crippen LogP contribution in [-0.2, 0) is 21.1 Å². The molecule has 7 heteroatoms. The second kappa shape index (κ2) is 10.6. The minimum Gasteiger partial charge on any atom is -0.398 e. The number of hydrogen-bond donors (Lipinski definition) is 1. The van der Waals surface area contributed by atoms with Crippen molar-refractivity contribution in [2.24, 2.45) is 10.3 Å². The molecule has 0 bridgehead atoms. The minimum atomic E-state index is -0.376. The molecular formula is C22H22FN3O3. The van der Waals surface area contributed by atoms with Gasteiger partial charge in [0, 0.05) is 23.7 Å². The van der Waals surface area contributed by atoms with Gasteiger partial charge in [0.2, 0.25) is 0 Å². The van der Waals surface area contributed by atoms with E-state index in [-0.39, 0.29) is 24.0 Å². The van der Waals surface area contributed by atoms with Crippen molar-refractivity contribution in [3.63, 3.8) is 0 Å². The predicted octanol–water partition coefficient (Wildman–Crippen LogP) is 3.17. The highest BCUT2D eigenvalue weighted by atomic mass is 19.1. The number of rotatable bonds is 6. The fourth-order valence-electron chi connectivity index (χ4n) is 2.48. The van der Waals surface area contributed by atoms with Gasteiger partial charge in [0.15, 0.2) is 5.71 Å². The van der Waals surface area contributed by atoms with E-state index < -0.39 is 0 Å². The first kappa shape index (κ1) is 21.6. The van der Waals surface area contributed by atoms with Gasteiger partial charge in [0.05, 0.1) is 0 Å². The number of oxime groups is 2. The van der Waals surface area contributed by atoms with Crippen LogP contribution in [0.5, 0.6) is 0 Å². The van der Waals surface area contributed by atoms with Gasteiger partial charge in [-0.15, -0.1) is 0 Å². The fraction of sp³-hybridized carbons (Fsp3) is 0.227. The number of carbonyl (C=O) groups excluding carboxylic acids is 1. The van der Waals surface area contributed by atoms with Crippen LogP contribution in [0.3, 0.4) is 0 Å². The maximum atomic E-state index is 13.2. The van der Waals surface area contributed by atoms with Crippen LogP contribution in [-0.4, -0.2) is 31.5 Å². The molecule has 2 aromatic carbocycles. The van der Waals surface area contributed by atoms with E-state index in [0.717, 1.165) is 11.1 Å². The first-order chi connectivity index (χ1) is 14.0. The van der Waals surface area contributed by atoms with Gasteiger partial charge in [-0.1, -0.05) is 40.5 Å². The van der Waals surface area contributed by atoms with Crippen LogP contribution < -0.4 is 5.32 Å². The molecule has 1 N–H and O–H groups in total. The second-order valence-electron chi connectivity index (χ2n) is 6.01. The number of hydrogen-bond acceptors (Lipinski definition) is 5. The van der Waals surface area contributed by atoms with E-state index in [4.69, 9.17) is 9.68 Å². The van der Waals surface area contributed by atoms with E-state index in [1.54, 1.807) is 25.1 Å². The van der Waals surface area contributed by atoms with Crippen LogP contribution in [0, 0.1) is 24.6 Å². The number of benzene rings is 2. The highest BCUT2D eigenvalue weighted by Crippen LogP contribution is 2.17. The van der Waals surface area contributed by atoms with E-state index in [1.165, 1.54) is 26.3 Å². The third-order valence-corrected chi connectivity index (χ3v) is 3.91. The maximum Gasteiger partial charge on any atom is 0.273 e. The summed E-state index contributed by atoms with van der Waals surface area (Å²) in [5.74, 6) is 4.91. The summed E-state index contributed by atoms with van der Waals surface area (Å²) in [6, 6.07) is 11.5. The number of aryl methyl sites for hydroxylation is 1. The molecule has 6 nitrogen and oxygen atoms in total. The summed E-state index contributed by atoms with van der Waals surface area (Å²) in [4.78, 5) is 22.4. The van der Waals surface area contributed by atoms with Crippen LogP contribution in [0.4, 0.5) is 4.39 Å². The number of nitrogens with one attached hydrogen (secondary N) is 1. The molecule has 0 saturated heterocycles.